The summed E-state index contributed by atoms with van der Waals surface area (Å²) in [5.74, 6) is -0.296. The summed E-state index contributed by atoms with van der Waals surface area (Å²) in [6.45, 7) is 2.40. The summed E-state index contributed by atoms with van der Waals surface area (Å²) in [4.78, 5) is 31.3. The third-order valence-electron chi connectivity index (χ3n) is 3.95. The Morgan fingerprint density at radius 2 is 2.08 bits per heavy atom. The van der Waals surface area contributed by atoms with Gasteiger partial charge in [-0.3, -0.25) is 10.1 Å². The highest BCUT2D eigenvalue weighted by molar-refractivity contribution is 6.03. The number of hydrogen-bond donors (Lipinski definition) is 2. The number of imide groups is 1. The van der Waals surface area contributed by atoms with Crippen molar-refractivity contribution >= 4 is 24.1 Å². The molecular weight excluding hydrogens is 315 g/mol. The van der Waals surface area contributed by atoms with Crippen molar-refractivity contribution in [2.45, 2.75) is 19.1 Å². The van der Waals surface area contributed by atoms with Gasteiger partial charge < -0.3 is 9.80 Å². The molecule has 0 aromatic heterocycles. The predicted octanol–water partition coefficient (Wildman–Crippen LogP) is 0.317. The normalized spacial score (nSPS) is 23.4. The summed E-state index contributed by atoms with van der Waals surface area (Å²) in [5, 5.41) is 6.38. The van der Waals surface area contributed by atoms with E-state index in [0.717, 1.165) is 0 Å². The van der Waals surface area contributed by atoms with E-state index in [4.69, 9.17) is 0 Å². The minimum absolute atomic E-state index is 0.319. The van der Waals surface area contributed by atoms with Crippen LogP contribution in [0, 0.1) is 5.82 Å². The van der Waals surface area contributed by atoms with Gasteiger partial charge in [0.25, 0.3) is 5.91 Å². The van der Waals surface area contributed by atoms with Gasteiger partial charge >= 0.3 is 6.03 Å². The largest absolute Gasteiger partial charge is 0.326 e. The van der Waals surface area contributed by atoms with Crippen LogP contribution in [0.15, 0.2) is 34.4 Å². The Morgan fingerprint density at radius 3 is 2.75 bits per heavy atom. The number of benzene rings is 1. The molecule has 0 saturated carbocycles. The van der Waals surface area contributed by atoms with Crippen LogP contribution in [-0.4, -0.2) is 59.7 Å². The first-order valence-electron chi connectivity index (χ1n) is 7.48. The summed E-state index contributed by atoms with van der Waals surface area (Å²) in [5.41, 5.74) is 3.51. The second kappa shape index (κ2) is 6.26. The Hall–Kier alpha value is -2.97. The van der Waals surface area contributed by atoms with Gasteiger partial charge in [0.15, 0.2) is 12.2 Å². The molecule has 2 aliphatic heterocycles. The number of rotatable bonds is 3. The van der Waals surface area contributed by atoms with E-state index in [-0.39, 0.29) is 11.7 Å². The number of nitrogens with one attached hydrogen (secondary N) is 2. The standard InChI is InChI=1S/C15H17FN6O2/c1-3-22-11-12(21(2)15(24)19-13(11)23)18-14(22)20-17-8-9-4-6-10(16)7-5-9/h4-8,11-12H,3H2,1-2H3,(H,18,20)(H,19,23,24)/b17-8+. The highest BCUT2D eigenvalue weighted by atomic mass is 19.1. The molecule has 0 bridgehead atoms. The Labute approximate surface area is 138 Å². The zero-order valence-electron chi connectivity index (χ0n) is 13.2. The first-order valence-corrected chi connectivity index (χ1v) is 7.48. The van der Waals surface area contributed by atoms with E-state index in [2.05, 4.69) is 20.8 Å². The Balaban J connectivity index is 1.76. The van der Waals surface area contributed by atoms with Crippen LogP contribution >= 0.6 is 0 Å². The lowest BCUT2D eigenvalue weighted by molar-refractivity contribution is -0.127. The summed E-state index contributed by atoms with van der Waals surface area (Å²) in [6, 6.07) is 4.80. The van der Waals surface area contributed by atoms with Gasteiger partial charge in [-0.1, -0.05) is 12.1 Å². The van der Waals surface area contributed by atoms with E-state index in [1.807, 2.05) is 6.92 Å². The fourth-order valence-electron chi connectivity index (χ4n) is 2.68. The smallest absolute Gasteiger partial charge is 0.325 e. The van der Waals surface area contributed by atoms with E-state index in [1.165, 1.54) is 23.2 Å². The first kappa shape index (κ1) is 15.9. The number of likely N-dealkylation sites (N-methyl/N-ethyl adjacent to an activating group) is 2. The van der Waals surface area contributed by atoms with Gasteiger partial charge in [-0.25, -0.2) is 19.6 Å². The summed E-state index contributed by atoms with van der Waals surface area (Å²) < 4.78 is 12.9. The van der Waals surface area contributed by atoms with Crippen molar-refractivity contribution in [2.24, 2.45) is 10.1 Å². The van der Waals surface area contributed by atoms with E-state index in [9.17, 15) is 14.0 Å². The molecule has 1 aromatic rings. The molecule has 2 N–H and O–H groups in total. The van der Waals surface area contributed by atoms with Crippen LogP contribution in [0.2, 0.25) is 0 Å². The van der Waals surface area contributed by atoms with Crippen molar-refractivity contribution in [3.05, 3.63) is 35.6 Å². The Bertz CT molecular complexity index is 717. The van der Waals surface area contributed by atoms with Crippen LogP contribution in [0.3, 0.4) is 0 Å². The maximum Gasteiger partial charge on any atom is 0.325 e. The minimum Gasteiger partial charge on any atom is -0.326 e. The molecule has 2 aliphatic rings. The molecule has 3 amide bonds. The highest BCUT2D eigenvalue weighted by Gasteiger charge is 2.48. The Morgan fingerprint density at radius 1 is 1.38 bits per heavy atom. The number of hydrogen-bond acceptors (Lipinski definition) is 6. The summed E-state index contributed by atoms with van der Waals surface area (Å²) in [6.07, 6.45) is 0.932. The molecule has 126 valence electrons. The molecule has 2 heterocycles. The van der Waals surface area contributed by atoms with Crippen molar-refractivity contribution in [3.63, 3.8) is 0 Å². The number of guanidine groups is 1. The average Bonchev–Trinajstić information content (AvgIpc) is 2.94. The molecule has 1 saturated heterocycles. The van der Waals surface area contributed by atoms with Crippen molar-refractivity contribution in [1.82, 2.24) is 20.5 Å². The number of urea groups is 1. The van der Waals surface area contributed by atoms with Crippen LogP contribution in [0.4, 0.5) is 9.18 Å². The van der Waals surface area contributed by atoms with Gasteiger partial charge in [0.1, 0.15) is 5.82 Å². The van der Waals surface area contributed by atoms with Gasteiger partial charge in [-0.05, 0) is 24.6 Å². The highest BCUT2D eigenvalue weighted by Crippen LogP contribution is 2.22. The predicted molar refractivity (Wildman–Crippen MR) is 85.8 cm³/mol. The molecule has 8 nitrogen and oxygen atoms in total. The van der Waals surface area contributed by atoms with E-state index in [0.29, 0.717) is 18.1 Å². The number of amides is 3. The zero-order valence-corrected chi connectivity index (χ0v) is 13.2. The number of nitrogens with zero attached hydrogens (tertiary/aromatic N) is 4. The third-order valence-corrected chi connectivity index (χ3v) is 3.95. The zero-order chi connectivity index (χ0) is 17.3. The Kier molecular flexibility index (Phi) is 4.15. The van der Waals surface area contributed by atoms with Crippen LogP contribution in [-0.2, 0) is 4.79 Å². The van der Waals surface area contributed by atoms with Gasteiger partial charge in [-0.2, -0.15) is 5.10 Å². The van der Waals surface area contributed by atoms with Crippen molar-refractivity contribution in [1.29, 1.82) is 0 Å². The van der Waals surface area contributed by atoms with E-state index >= 15 is 0 Å². The van der Waals surface area contributed by atoms with Crippen LogP contribution in [0.5, 0.6) is 0 Å². The molecule has 2 atom stereocenters. The quantitative estimate of drug-likeness (QED) is 0.616. The van der Waals surface area contributed by atoms with Crippen LogP contribution in [0.1, 0.15) is 12.5 Å². The molecule has 24 heavy (non-hydrogen) atoms. The topological polar surface area (TPSA) is 89.4 Å². The SMILES string of the molecule is CCN1C(N/N=C/c2ccc(F)cc2)=NC2C1C(=O)NC(=O)N2C. The number of fused-ring (bicyclic) bond motifs is 1. The van der Waals surface area contributed by atoms with Gasteiger partial charge in [0, 0.05) is 13.6 Å². The average molecular weight is 332 g/mol. The first-order chi connectivity index (χ1) is 11.5. The fraction of sp³-hybridized carbons (Fsp3) is 0.333. The van der Waals surface area contributed by atoms with Gasteiger partial charge in [-0.15, -0.1) is 0 Å². The number of hydrazone groups is 1. The number of halogens is 1. The molecule has 0 radical (unpaired) electrons. The summed E-state index contributed by atoms with van der Waals surface area (Å²) in [7, 11) is 1.58. The molecule has 2 unspecified atom stereocenters. The van der Waals surface area contributed by atoms with Gasteiger partial charge in [0.05, 0.1) is 6.21 Å². The van der Waals surface area contributed by atoms with Crippen molar-refractivity contribution < 1.29 is 14.0 Å². The molecule has 1 fully saturated rings. The lowest BCUT2D eigenvalue weighted by Crippen LogP contribution is -2.64. The van der Waals surface area contributed by atoms with Crippen LogP contribution in [0.25, 0.3) is 0 Å². The summed E-state index contributed by atoms with van der Waals surface area (Å²) >= 11 is 0. The lowest BCUT2D eigenvalue weighted by atomic mass is 10.1. The number of aliphatic imine (C=N–C) groups is 1. The molecule has 1 aromatic carbocycles. The molecule has 0 aliphatic carbocycles. The van der Waals surface area contributed by atoms with Crippen LogP contribution < -0.4 is 10.7 Å². The number of carbonyl (C=O) groups excluding carboxylic acids is 2. The monoisotopic (exact) mass is 332 g/mol. The number of carbonyl (C=O) groups is 2. The lowest BCUT2D eigenvalue weighted by Gasteiger charge is -2.35. The second-order valence-electron chi connectivity index (χ2n) is 5.42. The molecule has 9 heteroatoms. The third kappa shape index (κ3) is 2.80. The van der Waals surface area contributed by atoms with E-state index in [1.54, 1.807) is 24.1 Å². The second-order valence-corrected chi connectivity index (χ2v) is 5.42. The van der Waals surface area contributed by atoms with Crippen molar-refractivity contribution in [2.75, 3.05) is 13.6 Å². The van der Waals surface area contributed by atoms with Crippen molar-refractivity contribution in [3.8, 4) is 0 Å². The minimum atomic E-state index is -0.588. The van der Waals surface area contributed by atoms with Gasteiger partial charge in [0.2, 0.25) is 5.96 Å². The molecular formula is C15H17FN6O2. The molecule has 3 rings (SSSR count). The maximum atomic E-state index is 12.9. The molecule has 0 spiro atoms. The maximum absolute atomic E-state index is 12.9. The van der Waals surface area contributed by atoms with E-state index < -0.39 is 18.2 Å². The fourth-order valence-corrected chi connectivity index (χ4v) is 2.68.